The molecule has 0 unspecified atom stereocenters. The molecule has 0 spiro atoms. The van der Waals surface area contributed by atoms with Crippen LogP contribution in [0.15, 0.2) is 0 Å². The van der Waals surface area contributed by atoms with E-state index in [1.807, 2.05) is 14.1 Å². The van der Waals surface area contributed by atoms with Crippen LogP contribution in [0.1, 0.15) is 27.2 Å². The van der Waals surface area contributed by atoms with Gasteiger partial charge in [0.05, 0.1) is 6.54 Å². The van der Waals surface area contributed by atoms with Crippen LogP contribution < -0.4 is 0 Å². The van der Waals surface area contributed by atoms with E-state index in [0.717, 1.165) is 26.2 Å². The SMILES string of the molecule is CN(C)C(=O)CN1CCN(CCC(C)(C)C)CC1. The minimum atomic E-state index is 0.207. The van der Waals surface area contributed by atoms with Crippen LogP contribution in [-0.2, 0) is 4.79 Å². The van der Waals surface area contributed by atoms with Gasteiger partial charge in [0.1, 0.15) is 0 Å². The van der Waals surface area contributed by atoms with Crippen LogP contribution in [0.25, 0.3) is 0 Å². The Morgan fingerprint density at radius 1 is 1.06 bits per heavy atom. The highest BCUT2D eigenvalue weighted by atomic mass is 16.2. The van der Waals surface area contributed by atoms with Crippen LogP contribution in [0.2, 0.25) is 0 Å². The Kier molecular flexibility index (Phi) is 5.60. The number of nitrogens with zero attached hydrogens (tertiary/aromatic N) is 3. The Labute approximate surface area is 112 Å². The maximum atomic E-state index is 11.6. The van der Waals surface area contributed by atoms with Crippen LogP contribution in [-0.4, -0.2) is 74.0 Å². The first kappa shape index (κ1) is 15.4. The summed E-state index contributed by atoms with van der Waals surface area (Å²) in [5.41, 5.74) is 0.415. The fourth-order valence-corrected chi connectivity index (χ4v) is 2.00. The summed E-state index contributed by atoms with van der Waals surface area (Å²) in [6.07, 6.45) is 1.24. The first-order valence-corrected chi connectivity index (χ1v) is 6.93. The average molecular weight is 255 g/mol. The number of piperazine rings is 1. The molecular weight excluding hydrogens is 226 g/mol. The van der Waals surface area contributed by atoms with Gasteiger partial charge in [-0.05, 0) is 18.4 Å². The summed E-state index contributed by atoms with van der Waals surface area (Å²) >= 11 is 0. The van der Waals surface area contributed by atoms with Gasteiger partial charge in [-0.15, -0.1) is 0 Å². The lowest BCUT2D eigenvalue weighted by molar-refractivity contribution is -0.130. The van der Waals surface area contributed by atoms with Crippen molar-refractivity contribution >= 4 is 5.91 Å². The number of hydrogen-bond donors (Lipinski definition) is 0. The maximum absolute atomic E-state index is 11.6. The molecule has 0 aliphatic carbocycles. The normalized spacial score (nSPS) is 18.9. The Morgan fingerprint density at radius 2 is 1.56 bits per heavy atom. The summed E-state index contributed by atoms with van der Waals surface area (Å²) in [6.45, 7) is 12.8. The van der Waals surface area contributed by atoms with E-state index in [2.05, 4.69) is 30.6 Å². The molecule has 1 saturated heterocycles. The van der Waals surface area contributed by atoms with Crippen LogP contribution >= 0.6 is 0 Å². The number of hydrogen-bond acceptors (Lipinski definition) is 3. The minimum Gasteiger partial charge on any atom is -0.348 e. The average Bonchev–Trinajstić information content (AvgIpc) is 2.27. The zero-order valence-electron chi connectivity index (χ0n) is 12.7. The van der Waals surface area contributed by atoms with Crippen molar-refractivity contribution in [3.63, 3.8) is 0 Å². The molecule has 1 amide bonds. The standard InChI is InChI=1S/C14H29N3O/c1-14(2,3)6-7-16-8-10-17(11-9-16)12-13(18)15(4)5/h6-12H2,1-5H3. The second-order valence-corrected chi connectivity index (χ2v) is 6.72. The third kappa shape index (κ3) is 5.83. The van der Waals surface area contributed by atoms with Gasteiger partial charge in [-0.25, -0.2) is 0 Å². The summed E-state index contributed by atoms with van der Waals surface area (Å²) in [5, 5.41) is 0. The van der Waals surface area contributed by atoms with E-state index in [4.69, 9.17) is 0 Å². The Bertz CT molecular complexity index is 263. The monoisotopic (exact) mass is 255 g/mol. The molecule has 1 aliphatic heterocycles. The fourth-order valence-electron chi connectivity index (χ4n) is 2.00. The molecule has 0 aromatic rings. The van der Waals surface area contributed by atoms with E-state index in [-0.39, 0.29) is 5.91 Å². The topological polar surface area (TPSA) is 26.8 Å². The molecule has 0 bridgehead atoms. The highest BCUT2D eigenvalue weighted by Crippen LogP contribution is 2.19. The van der Waals surface area contributed by atoms with Gasteiger partial charge >= 0.3 is 0 Å². The predicted octanol–water partition coefficient (Wildman–Crippen LogP) is 1.13. The first-order valence-electron chi connectivity index (χ1n) is 6.93. The van der Waals surface area contributed by atoms with Crippen molar-refractivity contribution < 1.29 is 4.79 Å². The third-order valence-corrected chi connectivity index (χ3v) is 3.50. The smallest absolute Gasteiger partial charge is 0.236 e. The van der Waals surface area contributed by atoms with Crippen molar-refractivity contribution in [2.24, 2.45) is 5.41 Å². The van der Waals surface area contributed by atoms with Gasteiger partial charge in [0.15, 0.2) is 0 Å². The molecule has 0 N–H and O–H groups in total. The van der Waals surface area contributed by atoms with Crippen LogP contribution in [0.5, 0.6) is 0 Å². The first-order chi connectivity index (χ1) is 8.28. The van der Waals surface area contributed by atoms with Gasteiger partial charge in [0, 0.05) is 40.3 Å². The molecule has 0 aromatic heterocycles. The van der Waals surface area contributed by atoms with Gasteiger partial charge in [0.25, 0.3) is 0 Å². The van der Waals surface area contributed by atoms with Crippen LogP contribution in [0, 0.1) is 5.41 Å². The second kappa shape index (κ2) is 6.53. The van der Waals surface area contributed by atoms with E-state index in [1.165, 1.54) is 13.0 Å². The zero-order valence-corrected chi connectivity index (χ0v) is 12.7. The number of amides is 1. The summed E-state index contributed by atoms with van der Waals surface area (Å²) in [4.78, 5) is 18.1. The molecule has 0 aromatic carbocycles. The van der Waals surface area contributed by atoms with Crippen molar-refractivity contribution in [2.45, 2.75) is 27.2 Å². The highest BCUT2D eigenvalue weighted by molar-refractivity contribution is 5.77. The molecule has 106 valence electrons. The molecule has 4 nitrogen and oxygen atoms in total. The zero-order chi connectivity index (χ0) is 13.8. The molecule has 0 radical (unpaired) electrons. The molecule has 0 saturated carbocycles. The van der Waals surface area contributed by atoms with Gasteiger partial charge in [0.2, 0.25) is 5.91 Å². The number of rotatable bonds is 4. The second-order valence-electron chi connectivity index (χ2n) is 6.72. The molecule has 1 rings (SSSR count). The van der Waals surface area contributed by atoms with E-state index >= 15 is 0 Å². The molecule has 18 heavy (non-hydrogen) atoms. The van der Waals surface area contributed by atoms with E-state index in [1.54, 1.807) is 4.90 Å². The van der Waals surface area contributed by atoms with E-state index < -0.39 is 0 Å². The molecular formula is C14H29N3O. The van der Waals surface area contributed by atoms with Gasteiger partial charge in [-0.2, -0.15) is 0 Å². The van der Waals surface area contributed by atoms with Crippen LogP contribution in [0.3, 0.4) is 0 Å². The number of carbonyl (C=O) groups is 1. The molecule has 1 heterocycles. The van der Waals surface area contributed by atoms with Crippen molar-refractivity contribution in [1.29, 1.82) is 0 Å². The van der Waals surface area contributed by atoms with Gasteiger partial charge in [-0.1, -0.05) is 20.8 Å². The Balaban J connectivity index is 2.22. The lowest BCUT2D eigenvalue weighted by atomic mass is 9.92. The van der Waals surface area contributed by atoms with Gasteiger partial charge < -0.3 is 9.80 Å². The predicted molar refractivity (Wildman–Crippen MR) is 75.6 cm³/mol. The fraction of sp³-hybridized carbons (Fsp3) is 0.929. The summed E-state index contributed by atoms with van der Waals surface area (Å²) in [5.74, 6) is 0.207. The van der Waals surface area contributed by atoms with Crippen molar-refractivity contribution in [3.8, 4) is 0 Å². The van der Waals surface area contributed by atoms with Gasteiger partial charge in [-0.3, -0.25) is 9.69 Å². The lowest BCUT2D eigenvalue weighted by Crippen LogP contribution is -2.49. The Morgan fingerprint density at radius 3 is 2.00 bits per heavy atom. The van der Waals surface area contributed by atoms with E-state index in [0.29, 0.717) is 12.0 Å². The third-order valence-electron chi connectivity index (χ3n) is 3.50. The van der Waals surface area contributed by atoms with Crippen LogP contribution in [0.4, 0.5) is 0 Å². The summed E-state index contributed by atoms with van der Waals surface area (Å²) < 4.78 is 0. The molecule has 4 heteroatoms. The quantitative estimate of drug-likeness (QED) is 0.753. The maximum Gasteiger partial charge on any atom is 0.236 e. The van der Waals surface area contributed by atoms with E-state index in [9.17, 15) is 4.79 Å². The number of carbonyl (C=O) groups excluding carboxylic acids is 1. The van der Waals surface area contributed by atoms with Crippen molar-refractivity contribution in [3.05, 3.63) is 0 Å². The lowest BCUT2D eigenvalue weighted by Gasteiger charge is -2.35. The Hall–Kier alpha value is -0.610. The summed E-state index contributed by atoms with van der Waals surface area (Å²) in [6, 6.07) is 0. The van der Waals surface area contributed by atoms with Crippen molar-refractivity contribution in [2.75, 3.05) is 53.4 Å². The van der Waals surface area contributed by atoms with Crippen molar-refractivity contribution in [1.82, 2.24) is 14.7 Å². The number of likely N-dealkylation sites (N-methyl/N-ethyl adjacent to an activating group) is 1. The molecule has 1 aliphatic rings. The highest BCUT2D eigenvalue weighted by Gasteiger charge is 2.20. The summed E-state index contributed by atoms with van der Waals surface area (Å²) in [7, 11) is 3.64. The minimum absolute atomic E-state index is 0.207. The largest absolute Gasteiger partial charge is 0.348 e. The molecule has 0 atom stereocenters. The molecule has 1 fully saturated rings.